The molecule has 4 fully saturated rings. The summed E-state index contributed by atoms with van der Waals surface area (Å²) in [5.74, 6) is 9.76. The first-order valence-corrected chi connectivity index (χ1v) is 10.1. The highest BCUT2D eigenvalue weighted by atomic mass is 14.6. The van der Waals surface area contributed by atoms with E-state index in [9.17, 15) is 0 Å². The van der Waals surface area contributed by atoms with Crippen molar-refractivity contribution in [2.75, 3.05) is 0 Å². The third kappa shape index (κ3) is 2.49. The Kier molecular flexibility index (Phi) is 3.87. The Morgan fingerprint density at radius 2 is 1.38 bits per heavy atom. The minimum absolute atomic E-state index is 1.00. The van der Waals surface area contributed by atoms with Crippen LogP contribution in [0.3, 0.4) is 0 Å². The molecule has 0 radical (unpaired) electrons. The van der Waals surface area contributed by atoms with Crippen LogP contribution in [0.4, 0.5) is 0 Å². The van der Waals surface area contributed by atoms with Gasteiger partial charge in [0, 0.05) is 0 Å². The molecule has 4 aliphatic carbocycles. The Hall–Kier alpha value is 0. The summed E-state index contributed by atoms with van der Waals surface area (Å²) in [6.45, 7) is 7.67. The van der Waals surface area contributed by atoms with Crippen LogP contribution in [-0.4, -0.2) is 0 Å². The van der Waals surface area contributed by atoms with E-state index in [0.29, 0.717) is 0 Å². The Morgan fingerprint density at radius 3 is 2.24 bits per heavy atom. The van der Waals surface area contributed by atoms with Gasteiger partial charge in [-0.05, 0) is 85.4 Å². The van der Waals surface area contributed by atoms with Crippen molar-refractivity contribution in [2.24, 2.45) is 53.3 Å². The van der Waals surface area contributed by atoms with Gasteiger partial charge in [0.2, 0.25) is 0 Å². The highest BCUT2D eigenvalue weighted by molar-refractivity contribution is 5.01. The molecule has 0 N–H and O–H groups in total. The molecule has 4 rings (SSSR count). The van der Waals surface area contributed by atoms with Crippen molar-refractivity contribution < 1.29 is 0 Å². The maximum absolute atomic E-state index is 2.60. The summed E-state index contributed by atoms with van der Waals surface area (Å²) >= 11 is 0. The van der Waals surface area contributed by atoms with Crippen LogP contribution in [-0.2, 0) is 0 Å². The molecule has 0 amide bonds. The Morgan fingerprint density at radius 1 is 0.571 bits per heavy atom. The second-order valence-corrected chi connectivity index (χ2v) is 9.73. The lowest BCUT2D eigenvalue weighted by Crippen LogP contribution is -2.43. The molecule has 0 aromatic carbocycles. The van der Waals surface area contributed by atoms with E-state index in [1.54, 1.807) is 44.9 Å². The van der Waals surface area contributed by atoms with Gasteiger partial charge in [-0.2, -0.15) is 0 Å². The summed E-state index contributed by atoms with van der Waals surface area (Å²) < 4.78 is 0. The lowest BCUT2D eigenvalue weighted by atomic mass is 9.55. The molecule has 21 heavy (non-hydrogen) atoms. The molecular weight excluding hydrogens is 252 g/mol. The van der Waals surface area contributed by atoms with Gasteiger partial charge in [0.05, 0.1) is 0 Å². The highest BCUT2D eigenvalue weighted by Gasteiger charge is 2.52. The van der Waals surface area contributed by atoms with E-state index in [-0.39, 0.29) is 0 Å². The minimum Gasteiger partial charge on any atom is -0.0625 e. The first kappa shape index (κ1) is 14.6. The maximum atomic E-state index is 2.60. The first-order valence-electron chi connectivity index (χ1n) is 10.1. The number of rotatable bonds is 1. The van der Waals surface area contributed by atoms with Gasteiger partial charge >= 0.3 is 0 Å². The zero-order chi connectivity index (χ0) is 14.6. The van der Waals surface area contributed by atoms with Crippen LogP contribution >= 0.6 is 0 Å². The quantitative estimate of drug-likeness (QED) is 0.542. The molecule has 0 saturated heterocycles. The van der Waals surface area contributed by atoms with Gasteiger partial charge in [0.1, 0.15) is 0 Å². The standard InChI is InChI=1S/C21H36/c1-13-7-8-15(3)19(10-13)21-18-6-4-5-16(18)12-17-9-14(2)11-20(17)21/h13-21H,4-12H2,1-3H3. The van der Waals surface area contributed by atoms with Gasteiger partial charge in [-0.15, -0.1) is 0 Å². The van der Waals surface area contributed by atoms with E-state index in [2.05, 4.69) is 20.8 Å². The van der Waals surface area contributed by atoms with Crippen molar-refractivity contribution in [1.82, 2.24) is 0 Å². The average molecular weight is 289 g/mol. The van der Waals surface area contributed by atoms with Crippen molar-refractivity contribution >= 4 is 0 Å². The zero-order valence-electron chi connectivity index (χ0n) is 14.6. The van der Waals surface area contributed by atoms with Gasteiger partial charge in [-0.25, -0.2) is 0 Å². The van der Waals surface area contributed by atoms with Gasteiger partial charge in [0.25, 0.3) is 0 Å². The van der Waals surface area contributed by atoms with Crippen LogP contribution in [0.2, 0.25) is 0 Å². The normalized spacial score (nSPS) is 57.0. The topological polar surface area (TPSA) is 0 Å². The van der Waals surface area contributed by atoms with Crippen LogP contribution in [0.25, 0.3) is 0 Å². The second-order valence-electron chi connectivity index (χ2n) is 9.73. The smallest absolute Gasteiger partial charge is 0.0321 e. The summed E-state index contributed by atoms with van der Waals surface area (Å²) in [7, 11) is 0. The summed E-state index contributed by atoms with van der Waals surface area (Å²) in [5.41, 5.74) is 0. The Labute approximate surface area is 132 Å². The lowest BCUT2D eigenvalue weighted by molar-refractivity contribution is -0.0123. The van der Waals surface area contributed by atoms with E-state index < -0.39 is 0 Å². The molecule has 0 aliphatic heterocycles. The van der Waals surface area contributed by atoms with E-state index >= 15 is 0 Å². The lowest BCUT2D eigenvalue weighted by Gasteiger charge is -2.50. The van der Waals surface area contributed by atoms with E-state index in [0.717, 1.165) is 53.3 Å². The van der Waals surface area contributed by atoms with Crippen LogP contribution in [0, 0.1) is 53.3 Å². The van der Waals surface area contributed by atoms with Gasteiger partial charge in [-0.1, -0.05) is 46.5 Å². The van der Waals surface area contributed by atoms with Gasteiger partial charge in [-0.3, -0.25) is 0 Å². The van der Waals surface area contributed by atoms with Crippen molar-refractivity contribution in [3.63, 3.8) is 0 Å². The van der Waals surface area contributed by atoms with Crippen molar-refractivity contribution in [2.45, 2.75) is 78.6 Å². The van der Waals surface area contributed by atoms with Crippen molar-refractivity contribution in [1.29, 1.82) is 0 Å². The fourth-order valence-corrected chi connectivity index (χ4v) is 7.51. The minimum atomic E-state index is 1.00. The molecule has 0 heterocycles. The molecule has 0 spiro atoms. The molecule has 0 nitrogen and oxygen atoms in total. The number of fused-ring (bicyclic) bond motifs is 2. The molecule has 0 aromatic rings. The van der Waals surface area contributed by atoms with Crippen LogP contribution in [0.5, 0.6) is 0 Å². The van der Waals surface area contributed by atoms with Crippen LogP contribution < -0.4 is 0 Å². The zero-order valence-corrected chi connectivity index (χ0v) is 14.6. The highest BCUT2D eigenvalue weighted by Crippen LogP contribution is 2.60. The second kappa shape index (κ2) is 5.57. The van der Waals surface area contributed by atoms with E-state index in [4.69, 9.17) is 0 Å². The van der Waals surface area contributed by atoms with E-state index in [1.165, 1.54) is 12.8 Å². The van der Waals surface area contributed by atoms with Crippen molar-refractivity contribution in [3.8, 4) is 0 Å². The maximum Gasteiger partial charge on any atom is -0.0321 e. The number of hydrogen-bond acceptors (Lipinski definition) is 0. The fraction of sp³-hybridized carbons (Fsp3) is 1.00. The average Bonchev–Trinajstić information content (AvgIpc) is 3.04. The molecule has 9 unspecified atom stereocenters. The predicted octanol–water partition coefficient (Wildman–Crippen LogP) is 6.16. The molecule has 4 aliphatic rings. The first-order chi connectivity index (χ1) is 10.1. The van der Waals surface area contributed by atoms with Crippen LogP contribution in [0.15, 0.2) is 0 Å². The third-order valence-corrected chi connectivity index (χ3v) is 8.31. The van der Waals surface area contributed by atoms with Crippen molar-refractivity contribution in [3.05, 3.63) is 0 Å². The fourth-order valence-electron chi connectivity index (χ4n) is 7.51. The molecule has 9 atom stereocenters. The third-order valence-electron chi connectivity index (χ3n) is 8.31. The molecule has 0 heteroatoms. The van der Waals surface area contributed by atoms with Gasteiger partial charge < -0.3 is 0 Å². The Balaban J connectivity index is 1.62. The van der Waals surface area contributed by atoms with Gasteiger partial charge in [0.15, 0.2) is 0 Å². The molecule has 4 saturated carbocycles. The Bertz CT molecular complexity index is 372. The molecule has 0 bridgehead atoms. The number of hydrogen-bond donors (Lipinski definition) is 0. The molecular formula is C21H36. The summed E-state index contributed by atoms with van der Waals surface area (Å²) in [4.78, 5) is 0. The SMILES string of the molecule is CC1CCC(C)C(C2C3CCCC3CC3CC(C)CC32)C1. The largest absolute Gasteiger partial charge is 0.0625 e. The van der Waals surface area contributed by atoms with Crippen LogP contribution in [0.1, 0.15) is 78.6 Å². The molecule has 0 aromatic heterocycles. The monoisotopic (exact) mass is 288 g/mol. The summed E-state index contributed by atoms with van der Waals surface area (Å²) in [6.07, 6.45) is 14.1. The predicted molar refractivity (Wildman–Crippen MR) is 90.0 cm³/mol. The summed E-state index contributed by atoms with van der Waals surface area (Å²) in [6, 6.07) is 0. The molecule has 120 valence electrons. The van der Waals surface area contributed by atoms with E-state index in [1.807, 2.05) is 0 Å². The summed E-state index contributed by atoms with van der Waals surface area (Å²) in [5, 5.41) is 0.